The number of nitrogens with one attached hydrogen (secondary N) is 3. The highest BCUT2D eigenvalue weighted by atomic mass is 32.1. The van der Waals surface area contributed by atoms with Crippen molar-refractivity contribution in [2.45, 2.75) is 24.7 Å². The molecule has 8 aromatic heterocycles. The van der Waals surface area contributed by atoms with Gasteiger partial charge in [-0.1, -0.05) is 0 Å². The summed E-state index contributed by atoms with van der Waals surface area (Å²) < 4.78 is 16.7. The van der Waals surface area contributed by atoms with Gasteiger partial charge in [-0.2, -0.15) is 18.9 Å². The molecule has 0 saturated carbocycles. The van der Waals surface area contributed by atoms with E-state index in [9.17, 15) is 4.79 Å². The van der Waals surface area contributed by atoms with Crippen molar-refractivity contribution >= 4 is 62.0 Å². The number of aryl methyl sites for hydroxylation is 2. The Morgan fingerprint density at radius 1 is 0.782 bits per heavy atom. The standard InChI is InChI=1S/C18H19N9OS.C17H18N8S/c1-25-9-12(7-22-25)14-8-21-17-16(20-3-5-27(14)17)23-15-6-13(24-29-15)11-2-4-26(10-11)18(19)28;1-24-10-12(8-21-24)14-9-20-17-16(19-4-5-25(14)17)22-15-6-13(23-26-15)11-2-3-18-7-11/h3,5-9,11H,2,4,10H2,1H3,(H2,19,28)(H,20,23);4-6,8-11,18H,2-3,7H2,1H3,(H,19,22). The second-order valence-corrected chi connectivity index (χ2v) is 15.1. The molecule has 2 saturated heterocycles. The number of urea groups is 1. The molecule has 5 N–H and O–H groups in total. The fourth-order valence-corrected chi connectivity index (χ4v) is 8.41. The van der Waals surface area contributed by atoms with Crippen molar-refractivity contribution in [1.29, 1.82) is 0 Å². The zero-order valence-electron chi connectivity index (χ0n) is 29.9. The Bertz CT molecular complexity index is 2610. The molecule has 18 nitrogen and oxygen atoms in total. The molecule has 280 valence electrons. The maximum Gasteiger partial charge on any atom is 0.314 e. The molecule has 2 aliphatic rings. The third-order valence-corrected chi connectivity index (χ3v) is 11.2. The number of anilines is 4. The van der Waals surface area contributed by atoms with Crippen LogP contribution in [-0.2, 0) is 14.1 Å². The second-order valence-electron chi connectivity index (χ2n) is 13.5. The van der Waals surface area contributed by atoms with Gasteiger partial charge < -0.3 is 26.6 Å². The Labute approximate surface area is 322 Å². The van der Waals surface area contributed by atoms with Crippen LogP contribution < -0.4 is 21.7 Å². The first-order valence-corrected chi connectivity index (χ1v) is 19.3. The normalized spacial score (nSPS) is 16.9. The second kappa shape index (κ2) is 14.5. The fourth-order valence-electron chi connectivity index (χ4n) is 6.97. The zero-order valence-corrected chi connectivity index (χ0v) is 31.6. The fraction of sp³-hybridized carbons (Fsp3) is 0.286. The van der Waals surface area contributed by atoms with Gasteiger partial charge in [0.05, 0.1) is 47.6 Å². The number of nitrogens with two attached hydrogens (primary N) is 1. The summed E-state index contributed by atoms with van der Waals surface area (Å²) in [5.41, 5.74) is 12.9. The maximum atomic E-state index is 11.4. The first kappa shape index (κ1) is 34.5. The molecule has 2 aliphatic heterocycles. The molecule has 2 unspecified atom stereocenters. The number of carbonyl (C=O) groups excluding carboxylic acids is 1. The molecule has 10 rings (SSSR count). The van der Waals surface area contributed by atoms with Gasteiger partial charge in [-0.15, -0.1) is 0 Å². The van der Waals surface area contributed by atoms with Gasteiger partial charge in [-0.3, -0.25) is 18.2 Å². The van der Waals surface area contributed by atoms with E-state index in [2.05, 4.69) is 60.9 Å². The molecular weight excluding hydrogens is 739 g/mol. The zero-order chi connectivity index (χ0) is 37.5. The van der Waals surface area contributed by atoms with E-state index < -0.39 is 0 Å². The van der Waals surface area contributed by atoms with E-state index in [0.29, 0.717) is 24.8 Å². The van der Waals surface area contributed by atoms with Gasteiger partial charge in [0.25, 0.3) is 0 Å². The highest BCUT2D eigenvalue weighted by Gasteiger charge is 2.28. The van der Waals surface area contributed by atoms with Gasteiger partial charge in [0, 0.05) is 93.9 Å². The number of carbonyl (C=O) groups is 1. The molecule has 0 aliphatic carbocycles. The van der Waals surface area contributed by atoms with Crippen LogP contribution in [0, 0.1) is 0 Å². The molecule has 55 heavy (non-hydrogen) atoms. The number of rotatable bonds is 8. The Morgan fingerprint density at radius 3 is 1.82 bits per heavy atom. The van der Waals surface area contributed by atoms with Gasteiger partial charge in [-0.25, -0.2) is 24.7 Å². The molecule has 0 radical (unpaired) electrons. The molecule has 2 atom stereocenters. The molecule has 10 heterocycles. The topological polar surface area (TPSA) is 204 Å². The lowest BCUT2D eigenvalue weighted by molar-refractivity contribution is 0.218. The largest absolute Gasteiger partial charge is 0.351 e. The van der Waals surface area contributed by atoms with Crippen molar-refractivity contribution in [1.82, 2.24) is 67.3 Å². The summed E-state index contributed by atoms with van der Waals surface area (Å²) in [4.78, 5) is 31.0. The van der Waals surface area contributed by atoms with Crippen molar-refractivity contribution in [2.75, 3.05) is 36.8 Å². The SMILES string of the molecule is Cn1cc(-c2cnc3c(Nc4cc(C5CCN(C(N)=O)C5)ns4)nccn23)cn1.Cn1cc(-c2cnc3c(Nc4cc(C5CCNC5)ns4)nccn23)cn1. The smallest absolute Gasteiger partial charge is 0.314 e. The molecule has 2 amide bonds. The van der Waals surface area contributed by atoms with Crippen molar-refractivity contribution < 1.29 is 4.79 Å². The van der Waals surface area contributed by atoms with Crippen LogP contribution in [0.1, 0.15) is 36.1 Å². The summed E-state index contributed by atoms with van der Waals surface area (Å²) in [7, 11) is 3.79. The molecule has 20 heteroatoms. The highest BCUT2D eigenvalue weighted by molar-refractivity contribution is 7.10. The molecule has 2 fully saturated rings. The molecule has 0 spiro atoms. The average Bonchev–Trinajstić information content (AvgIpc) is 4.02. The molecule has 0 aromatic carbocycles. The summed E-state index contributed by atoms with van der Waals surface area (Å²) >= 11 is 2.84. The van der Waals surface area contributed by atoms with Gasteiger partial charge in [0.2, 0.25) is 0 Å². The Hall–Kier alpha value is -6.25. The molecular formula is C35H37N17OS2. The van der Waals surface area contributed by atoms with Crippen LogP contribution in [0.3, 0.4) is 0 Å². The predicted octanol–water partition coefficient (Wildman–Crippen LogP) is 4.60. The van der Waals surface area contributed by atoms with Crippen LogP contribution >= 0.6 is 23.1 Å². The van der Waals surface area contributed by atoms with Gasteiger partial charge in [0.15, 0.2) is 22.9 Å². The van der Waals surface area contributed by atoms with Gasteiger partial charge in [-0.05, 0) is 54.6 Å². The first-order valence-electron chi connectivity index (χ1n) is 17.7. The van der Waals surface area contributed by atoms with E-state index in [0.717, 1.165) is 86.9 Å². The van der Waals surface area contributed by atoms with Crippen LogP contribution in [-0.4, -0.2) is 94.2 Å². The molecule has 0 bridgehead atoms. The summed E-state index contributed by atoms with van der Waals surface area (Å²) in [6.07, 6.45) is 20.6. The number of imidazole rings is 2. The minimum Gasteiger partial charge on any atom is -0.351 e. The summed E-state index contributed by atoms with van der Waals surface area (Å²) in [5, 5.41) is 20.4. The van der Waals surface area contributed by atoms with Crippen LogP contribution in [0.5, 0.6) is 0 Å². The number of fused-ring (bicyclic) bond motifs is 2. The van der Waals surface area contributed by atoms with E-state index in [4.69, 9.17) is 5.73 Å². The monoisotopic (exact) mass is 775 g/mol. The third-order valence-electron chi connectivity index (χ3n) is 9.79. The number of hydrogen-bond acceptors (Lipinski definition) is 14. The van der Waals surface area contributed by atoms with Crippen molar-refractivity contribution in [3.63, 3.8) is 0 Å². The Balaban J connectivity index is 0.000000145. The Morgan fingerprint density at radius 2 is 1.35 bits per heavy atom. The molecule has 8 aromatic rings. The van der Waals surface area contributed by atoms with Crippen LogP contribution in [0.25, 0.3) is 33.8 Å². The lowest BCUT2D eigenvalue weighted by Crippen LogP contribution is -2.33. The van der Waals surface area contributed by atoms with Crippen molar-refractivity contribution in [3.05, 3.63) is 85.5 Å². The third kappa shape index (κ3) is 6.97. The van der Waals surface area contributed by atoms with Gasteiger partial charge in [0.1, 0.15) is 10.0 Å². The van der Waals surface area contributed by atoms with Gasteiger partial charge >= 0.3 is 6.03 Å². The number of aromatic nitrogens is 12. The number of hydrogen-bond donors (Lipinski definition) is 4. The number of nitrogens with zero attached hydrogens (tertiary/aromatic N) is 13. The number of primary amides is 1. The lowest BCUT2D eigenvalue weighted by atomic mass is 10.1. The van der Waals surface area contributed by atoms with Crippen LogP contribution in [0.2, 0.25) is 0 Å². The Kier molecular flexibility index (Phi) is 9.12. The van der Waals surface area contributed by atoms with E-state index in [1.54, 1.807) is 26.7 Å². The van der Waals surface area contributed by atoms with Crippen LogP contribution in [0.15, 0.2) is 74.1 Å². The summed E-state index contributed by atoms with van der Waals surface area (Å²) in [6.45, 7) is 3.36. The number of likely N-dealkylation sites (tertiary alicyclic amines) is 1. The van der Waals surface area contributed by atoms with Crippen molar-refractivity contribution in [2.24, 2.45) is 19.8 Å². The van der Waals surface area contributed by atoms with E-state index in [-0.39, 0.29) is 11.9 Å². The van der Waals surface area contributed by atoms with Crippen LogP contribution in [0.4, 0.5) is 26.4 Å². The minimum absolute atomic E-state index is 0.210. The van der Waals surface area contributed by atoms with Crippen molar-refractivity contribution in [3.8, 4) is 22.5 Å². The van der Waals surface area contributed by atoms with E-state index in [1.165, 1.54) is 23.1 Å². The lowest BCUT2D eigenvalue weighted by Gasteiger charge is -2.11. The predicted molar refractivity (Wildman–Crippen MR) is 210 cm³/mol. The average molecular weight is 776 g/mol. The minimum atomic E-state index is -0.374. The quantitative estimate of drug-likeness (QED) is 0.167. The summed E-state index contributed by atoms with van der Waals surface area (Å²) in [6, 6.07) is 3.76. The van der Waals surface area contributed by atoms with E-state index >= 15 is 0 Å². The summed E-state index contributed by atoms with van der Waals surface area (Å²) in [5.74, 6) is 2.10. The maximum absolute atomic E-state index is 11.4. The van der Waals surface area contributed by atoms with E-state index in [1.807, 2.05) is 78.5 Å². The number of amides is 2. The first-order chi connectivity index (χ1) is 26.9. The highest BCUT2D eigenvalue weighted by Crippen LogP contribution is 2.33.